The van der Waals surface area contributed by atoms with Gasteiger partial charge >= 0.3 is 6.04 Å². The summed E-state index contributed by atoms with van der Waals surface area (Å²) < 4.78 is 17.2. The molecule has 0 saturated carbocycles. The molecule has 0 radical (unpaired) electrons. The topological polar surface area (TPSA) is 30.2 Å². The Hall–Kier alpha value is -1.90. The Morgan fingerprint density at radius 1 is 1.07 bits per heavy atom. The van der Waals surface area contributed by atoms with E-state index in [4.69, 9.17) is 4.42 Å². The summed E-state index contributed by atoms with van der Waals surface area (Å²) in [5, 5.41) is 0. The molecular weight excluding hydrogens is 183 g/mol. The summed E-state index contributed by atoms with van der Waals surface area (Å²) in [7, 11) is 0. The summed E-state index contributed by atoms with van der Waals surface area (Å²) in [6, 6.07) is 10.5. The zero-order valence-electron chi connectivity index (χ0n) is 7.24. The summed E-state index contributed by atoms with van der Waals surface area (Å²) in [5.41, 5.74) is 0.819. The quantitative estimate of drug-likeness (QED) is 0.681. The molecule has 0 aliphatic rings. The molecule has 0 spiro atoms. The van der Waals surface area contributed by atoms with Crippen molar-refractivity contribution in [1.29, 1.82) is 0 Å². The summed E-state index contributed by atoms with van der Waals surface area (Å²) in [5.74, 6) is 0.232. The first-order valence-corrected chi connectivity index (χ1v) is 4.12. The van der Waals surface area contributed by atoms with E-state index >= 15 is 0 Å². The van der Waals surface area contributed by atoms with Crippen molar-refractivity contribution in [2.45, 2.75) is 0 Å². The number of hydrogen-bond acceptors (Lipinski definition) is 2. The van der Waals surface area contributed by atoms with E-state index in [1.165, 1.54) is 6.07 Å². The van der Waals surface area contributed by atoms with Crippen LogP contribution in [0.5, 0.6) is 0 Å². The third kappa shape index (κ3) is 1.57. The van der Waals surface area contributed by atoms with Gasteiger partial charge < -0.3 is 4.42 Å². The molecule has 2 nitrogen and oxygen atoms in total. The van der Waals surface area contributed by atoms with Crippen LogP contribution in [0, 0.1) is 0 Å². The third-order valence-corrected chi connectivity index (χ3v) is 1.86. The molecule has 0 atom stereocenters. The van der Waals surface area contributed by atoms with Crippen molar-refractivity contribution in [2.24, 2.45) is 0 Å². The van der Waals surface area contributed by atoms with Gasteiger partial charge in [-0.2, -0.15) is 4.39 Å². The van der Waals surface area contributed by atoms with Gasteiger partial charge in [0.2, 0.25) is 5.76 Å². The third-order valence-electron chi connectivity index (χ3n) is 1.86. The Balaban J connectivity index is 2.39. The minimum Gasteiger partial charge on any atom is -0.450 e. The van der Waals surface area contributed by atoms with E-state index in [-0.39, 0.29) is 5.76 Å². The Kier molecular flexibility index (Phi) is 2.14. The van der Waals surface area contributed by atoms with Gasteiger partial charge in [0.25, 0.3) is 0 Å². The van der Waals surface area contributed by atoms with Crippen molar-refractivity contribution in [1.82, 2.24) is 0 Å². The van der Waals surface area contributed by atoms with E-state index in [1.807, 2.05) is 30.3 Å². The van der Waals surface area contributed by atoms with Crippen molar-refractivity contribution in [3.05, 3.63) is 48.2 Å². The molecule has 0 bridgehead atoms. The van der Waals surface area contributed by atoms with Crippen molar-refractivity contribution in [3.8, 4) is 11.3 Å². The molecule has 1 heterocycles. The highest BCUT2D eigenvalue weighted by Gasteiger charge is 2.10. The van der Waals surface area contributed by atoms with Crippen molar-refractivity contribution in [2.75, 3.05) is 0 Å². The van der Waals surface area contributed by atoms with Crippen LogP contribution in [0.2, 0.25) is 0 Å². The maximum Gasteiger partial charge on any atom is 0.367 e. The van der Waals surface area contributed by atoms with Crippen molar-refractivity contribution < 1.29 is 13.6 Å². The van der Waals surface area contributed by atoms with Gasteiger partial charge in [0.1, 0.15) is 5.76 Å². The molecule has 14 heavy (non-hydrogen) atoms. The summed E-state index contributed by atoms with van der Waals surface area (Å²) >= 11 is 0. The standard InChI is InChI=1S/C11H7FO2/c12-11(13)10-7-6-9(14-10)8-4-2-1-3-5-8/h1-7H. The minimum absolute atomic E-state index is 0.260. The van der Waals surface area contributed by atoms with E-state index in [0.29, 0.717) is 5.76 Å². The molecule has 0 unspecified atom stereocenters. The number of carbonyl (C=O) groups excluding carboxylic acids is 1. The molecule has 2 aromatic rings. The van der Waals surface area contributed by atoms with Crippen LogP contribution in [0.15, 0.2) is 46.9 Å². The lowest BCUT2D eigenvalue weighted by Crippen LogP contribution is -1.83. The second-order valence-corrected chi connectivity index (χ2v) is 2.80. The van der Waals surface area contributed by atoms with Gasteiger partial charge in [-0.25, -0.2) is 0 Å². The fraction of sp³-hybridized carbons (Fsp3) is 0. The lowest BCUT2D eigenvalue weighted by atomic mass is 10.2. The molecule has 0 fully saturated rings. The first kappa shape index (κ1) is 8.69. The normalized spacial score (nSPS) is 10.1. The number of furan rings is 1. The zero-order valence-corrected chi connectivity index (χ0v) is 7.24. The Morgan fingerprint density at radius 2 is 1.79 bits per heavy atom. The number of halogens is 1. The molecule has 0 amide bonds. The zero-order chi connectivity index (χ0) is 9.97. The number of rotatable bonds is 2. The van der Waals surface area contributed by atoms with Crippen LogP contribution in [-0.2, 0) is 0 Å². The lowest BCUT2D eigenvalue weighted by Gasteiger charge is -1.93. The summed E-state index contributed by atoms with van der Waals surface area (Å²) in [6.45, 7) is 0. The van der Waals surface area contributed by atoms with Crippen LogP contribution in [0.25, 0.3) is 11.3 Å². The van der Waals surface area contributed by atoms with Crippen molar-refractivity contribution in [3.63, 3.8) is 0 Å². The second kappa shape index (κ2) is 3.46. The predicted molar refractivity (Wildman–Crippen MR) is 49.6 cm³/mol. The SMILES string of the molecule is O=C(F)c1ccc(-c2ccccc2)o1. The molecule has 0 saturated heterocycles. The maximum atomic E-state index is 12.2. The van der Waals surface area contributed by atoms with E-state index in [0.717, 1.165) is 5.56 Å². The molecule has 0 aliphatic carbocycles. The van der Waals surface area contributed by atoms with E-state index in [2.05, 4.69) is 0 Å². The second-order valence-electron chi connectivity index (χ2n) is 2.80. The molecule has 1 aromatic heterocycles. The first-order valence-electron chi connectivity index (χ1n) is 4.12. The molecular formula is C11H7FO2. The van der Waals surface area contributed by atoms with Crippen LogP contribution < -0.4 is 0 Å². The smallest absolute Gasteiger partial charge is 0.367 e. The van der Waals surface area contributed by atoms with Crippen LogP contribution in [0.3, 0.4) is 0 Å². The Morgan fingerprint density at radius 3 is 2.36 bits per heavy atom. The fourth-order valence-electron chi connectivity index (χ4n) is 1.20. The van der Waals surface area contributed by atoms with Crippen LogP contribution in [0.1, 0.15) is 10.6 Å². The summed E-state index contributed by atoms with van der Waals surface area (Å²) in [6.07, 6.45) is 0. The Bertz CT molecular complexity index is 445. The molecule has 1 aromatic carbocycles. The van der Waals surface area contributed by atoms with Crippen LogP contribution in [-0.4, -0.2) is 6.04 Å². The Labute approximate surface area is 80.0 Å². The van der Waals surface area contributed by atoms with E-state index < -0.39 is 6.04 Å². The molecule has 3 heteroatoms. The maximum absolute atomic E-state index is 12.2. The molecule has 0 N–H and O–H groups in total. The number of hydrogen-bond donors (Lipinski definition) is 0. The monoisotopic (exact) mass is 190 g/mol. The van der Waals surface area contributed by atoms with Gasteiger partial charge in [-0.15, -0.1) is 0 Å². The van der Waals surface area contributed by atoms with Gasteiger partial charge in [-0.1, -0.05) is 30.3 Å². The largest absolute Gasteiger partial charge is 0.450 e. The highest BCUT2D eigenvalue weighted by atomic mass is 19.1. The fourth-order valence-corrected chi connectivity index (χ4v) is 1.20. The van der Waals surface area contributed by atoms with E-state index in [1.54, 1.807) is 6.07 Å². The van der Waals surface area contributed by atoms with Gasteiger partial charge in [0.15, 0.2) is 0 Å². The average Bonchev–Trinajstić information content (AvgIpc) is 2.68. The predicted octanol–water partition coefficient (Wildman–Crippen LogP) is 3.06. The molecule has 2 rings (SSSR count). The van der Waals surface area contributed by atoms with Gasteiger partial charge in [0.05, 0.1) is 0 Å². The number of benzene rings is 1. The molecule has 70 valence electrons. The lowest BCUT2D eigenvalue weighted by molar-refractivity contribution is 0.0805. The highest BCUT2D eigenvalue weighted by molar-refractivity contribution is 5.86. The van der Waals surface area contributed by atoms with Gasteiger partial charge in [-0.05, 0) is 12.1 Å². The van der Waals surface area contributed by atoms with Gasteiger partial charge in [-0.3, -0.25) is 4.79 Å². The van der Waals surface area contributed by atoms with E-state index in [9.17, 15) is 9.18 Å². The van der Waals surface area contributed by atoms with Crippen LogP contribution >= 0.6 is 0 Å². The van der Waals surface area contributed by atoms with Crippen LogP contribution in [0.4, 0.5) is 4.39 Å². The first-order chi connectivity index (χ1) is 6.77. The summed E-state index contributed by atoms with van der Waals surface area (Å²) in [4.78, 5) is 10.3. The minimum atomic E-state index is -1.55. The van der Waals surface area contributed by atoms with Gasteiger partial charge in [0, 0.05) is 5.56 Å². The average molecular weight is 190 g/mol. The number of carbonyl (C=O) groups is 1. The molecule has 0 aliphatic heterocycles. The highest BCUT2D eigenvalue weighted by Crippen LogP contribution is 2.21. The van der Waals surface area contributed by atoms with Crippen molar-refractivity contribution >= 4 is 6.04 Å².